The maximum absolute atomic E-state index is 14.5. The number of ketones is 1. The molecule has 2 heterocycles. The van der Waals surface area contributed by atoms with Gasteiger partial charge in [-0.25, -0.2) is 17.9 Å². The van der Waals surface area contributed by atoms with Crippen LogP contribution >= 0.6 is 0 Å². The number of carbonyl (C=O) groups excluding carboxylic acids is 1. The Labute approximate surface area is 193 Å². The van der Waals surface area contributed by atoms with Crippen molar-refractivity contribution in [1.29, 1.82) is 0 Å². The number of para-hydroxylation sites is 1. The minimum absolute atomic E-state index is 0.00237. The van der Waals surface area contributed by atoms with Crippen molar-refractivity contribution in [3.8, 4) is 11.4 Å². The van der Waals surface area contributed by atoms with E-state index in [2.05, 4.69) is 13.8 Å². The number of aromatic nitrogens is 1. The van der Waals surface area contributed by atoms with E-state index in [-0.39, 0.29) is 33.8 Å². The number of hydrogen-bond acceptors (Lipinski definition) is 4. The molecule has 0 saturated heterocycles. The Bertz CT molecular complexity index is 1310. The minimum Gasteiger partial charge on any atom is -0.487 e. The van der Waals surface area contributed by atoms with Crippen molar-refractivity contribution in [2.75, 3.05) is 0 Å². The Balaban J connectivity index is 1.71. The monoisotopic (exact) mass is 470 g/mol. The van der Waals surface area contributed by atoms with Crippen LogP contribution in [0.3, 0.4) is 0 Å². The van der Waals surface area contributed by atoms with Gasteiger partial charge in [0.2, 0.25) is 10.0 Å². The summed E-state index contributed by atoms with van der Waals surface area (Å²) in [6.07, 6.45) is 2.93. The first-order chi connectivity index (χ1) is 15.5. The molecule has 0 radical (unpaired) electrons. The van der Waals surface area contributed by atoms with E-state index in [0.29, 0.717) is 30.5 Å². The van der Waals surface area contributed by atoms with E-state index in [4.69, 9.17) is 9.88 Å². The van der Waals surface area contributed by atoms with E-state index < -0.39 is 10.0 Å². The van der Waals surface area contributed by atoms with Gasteiger partial charge in [0.25, 0.3) is 0 Å². The molecule has 1 unspecified atom stereocenters. The normalized spacial score (nSPS) is 17.3. The number of nitrogens with zero attached hydrogens (tertiary/aromatic N) is 1. The van der Waals surface area contributed by atoms with Crippen LogP contribution in [0.15, 0.2) is 59.6 Å². The molecular formula is C25H27FN2O4S. The third-order valence-corrected chi connectivity index (χ3v) is 7.07. The predicted molar refractivity (Wildman–Crippen MR) is 124 cm³/mol. The fourth-order valence-corrected chi connectivity index (χ4v) is 4.97. The lowest BCUT2D eigenvalue weighted by molar-refractivity contribution is 0.0988. The van der Waals surface area contributed by atoms with Gasteiger partial charge in [-0.3, -0.25) is 4.79 Å². The number of nitrogens with two attached hydrogens (primary N) is 1. The zero-order chi connectivity index (χ0) is 24.0. The standard InChI is InChI=1S/C25H27FN2O4S/c1-4-23(29)16-12-18(28(15-16)17-8-10-20(11-9-17)33(27,30)31)13-19-14-25(2,3)21-6-5-7-22(26)24(21)32-19/h5-12,15,19H,4,13-14H2,1-3H3,(H2,27,30,31). The van der Waals surface area contributed by atoms with Gasteiger partial charge in [0.1, 0.15) is 6.10 Å². The first kappa shape index (κ1) is 23.2. The van der Waals surface area contributed by atoms with Crippen molar-refractivity contribution in [2.24, 2.45) is 5.14 Å². The number of halogens is 1. The van der Waals surface area contributed by atoms with Crippen LogP contribution in [0.2, 0.25) is 0 Å². The zero-order valence-corrected chi connectivity index (χ0v) is 19.7. The van der Waals surface area contributed by atoms with Gasteiger partial charge < -0.3 is 9.30 Å². The Morgan fingerprint density at radius 2 is 1.91 bits per heavy atom. The molecule has 6 nitrogen and oxygen atoms in total. The number of ether oxygens (including phenoxy) is 1. The van der Waals surface area contributed by atoms with Crippen molar-refractivity contribution in [3.63, 3.8) is 0 Å². The Morgan fingerprint density at radius 1 is 1.21 bits per heavy atom. The van der Waals surface area contributed by atoms with Crippen LogP contribution in [0.1, 0.15) is 55.2 Å². The van der Waals surface area contributed by atoms with Crippen LogP contribution in [0.4, 0.5) is 4.39 Å². The number of rotatable bonds is 6. The number of hydrogen-bond donors (Lipinski definition) is 1. The maximum Gasteiger partial charge on any atom is 0.238 e. The highest BCUT2D eigenvalue weighted by Crippen LogP contribution is 2.42. The third-order valence-electron chi connectivity index (χ3n) is 6.14. The van der Waals surface area contributed by atoms with Gasteiger partial charge >= 0.3 is 0 Å². The Hall–Kier alpha value is -2.97. The molecule has 2 aromatic carbocycles. The maximum atomic E-state index is 14.5. The molecule has 1 aliphatic rings. The lowest BCUT2D eigenvalue weighted by Crippen LogP contribution is -2.36. The summed E-state index contributed by atoms with van der Waals surface area (Å²) in [5.74, 6) is -0.113. The second-order valence-electron chi connectivity index (χ2n) is 9.05. The van der Waals surface area contributed by atoms with Gasteiger partial charge in [-0.2, -0.15) is 0 Å². The van der Waals surface area contributed by atoms with Gasteiger partial charge in [0, 0.05) is 41.5 Å². The van der Waals surface area contributed by atoms with Crippen molar-refractivity contribution in [3.05, 3.63) is 77.4 Å². The van der Waals surface area contributed by atoms with Crippen molar-refractivity contribution < 1.29 is 22.3 Å². The third kappa shape index (κ3) is 4.58. The Morgan fingerprint density at radius 3 is 2.55 bits per heavy atom. The summed E-state index contributed by atoms with van der Waals surface area (Å²) in [6.45, 7) is 5.93. The smallest absolute Gasteiger partial charge is 0.238 e. The molecule has 1 aromatic heterocycles. The topological polar surface area (TPSA) is 91.4 Å². The van der Waals surface area contributed by atoms with Crippen LogP contribution < -0.4 is 9.88 Å². The number of sulfonamides is 1. The lowest BCUT2D eigenvalue weighted by atomic mass is 9.76. The summed E-state index contributed by atoms with van der Waals surface area (Å²) in [6, 6.07) is 13.0. The van der Waals surface area contributed by atoms with Crippen LogP contribution in [0.25, 0.3) is 5.69 Å². The van der Waals surface area contributed by atoms with E-state index >= 15 is 0 Å². The van der Waals surface area contributed by atoms with E-state index in [1.54, 1.807) is 31.3 Å². The molecule has 0 saturated carbocycles. The second kappa shape index (κ2) is 8.43. The Kier molecular flexibility index (Phi) is 5.92. The first-order valence-corrected chi connectivity index (χ1v) is 12.4. The molecule has 2 N–H and O–H groups in total. The molecule has 3 aromatic rings. The molecular weight excluding hydrogens is 443 g/mol. The summed E-state index contributed by atoms with van der Waals surface area (Å²) >= 11 is 0. The molecule has 8 heteroatoms. The number of benzene rings is 2. The van der Waals surface area contributed by atoms with E-state index in [0.717, 1.165) is 11.3 Å². The van der Waals surface area contributed by atoms with E-state index in [9.17, 15) is 17.6 Å². The molecule has 4 rings (SSSR count). The predicted octanol–water partition coefficient (Wildman–Crippen LogP) is 4.53. The van der Waals surface area contributed by atoms with E-state index in [1.807, 2.05) is 16.7 Å². The van der Waals surface area contributed by atoms with Crippen molar-refractivity contribution in [1.82, 2.24) is 4.57 Å². The molecule has 0 amide bonds. The van der Waals surface area contributed by atoms with Gasteiger partial charge in [0.05, 0.1) is 4.90 Å². The van der Waals surface area contributed by atoms with Gasteiger partial charge in [-0.1, -0.05) is 32.9 Å². The van der Waals surface area contributed by atoms with Gasteiger partial charge in [0.15, 0.2) is 17.3 Å². The summed E-state index contributed by atoms with van der Waals surface area (Å²) in [5, 5.41) is 5.21. The lowest BCUT2D eigenvalue weighted by Gasteiger charge is -2.37. The zero-order valence-electron chi connectivity index (χ0n) is 18.8. The second-order valence-corrected chi connectivity index (χ2v) is 10.6. The molecule has 0 bridgehead atoms. The van der Waals surface area contributed by atoms with Crippen molar-refractivity contribution >= 4 is 15.8 Å². The summed E-state index contributed by atoms with van der Waals surface area (Å²) < 4.78 is 45.7. The molecule has 174 valence electrons. The molecule has 33 heavy (non-hydrogen) atoms. The number of primary sulfonamides is 1. The number of fused-ring (bicyclic) bond motifs is 1. The van der Waals surface area contributed by atoms with Crippen LogP contribution in [-0.4, -0.2) is 24.9 Å². The van der Waals surface area contributed by atoms with Crippen molar-refractivity contribution in [2.45, 2.75) is 56.4 Å². The van der Waals surface area contributed by atoms with E-state index in [1.165, 1.54) is 18.2 Å². The molecule has 1 aliphatic heterocycles. The fourth-order valence-electron chi connectivity index (χ4n) is 4.46. The highest BCUT2D eigenvalue weighted by atomic mass is 32.2. The number of Topliss-reactive ketones (excluding diaryl/α,β-unsaturated/α-hetero) is 1. The summed E-state index contributed by atoms with van der Waals surface area (Å²) in [5.41, 5.74) is 2.63. The molecule has 0 fully saturated rings. The van der Waals surface area contributed by atoms with Gasteiger partial charge in [-0.15, -0.1) is 0 Å². The molecule has 1 atom stereocenters. The highest BCUT2D eigenvalue weighted by molar-refractivity contribution is 7.89. The first-order valence-electron chi connectivity index (χ1n) is 10.8. The summed E-state index contributed by atoms with van der Waals surface area (Å²) in [7, 11) is -3.81. The molecule has 0 aliphatic carbocycles. The highest BCUT2D eigenvalue weighted by Gasteiger charge is 2.36. The minimum atomic E-state index is -3.81. The van der Waals surface area contributed by atoms with Crippen LogP contribution in [-0.2, 0) is 21.9 Å². The quantitative estimate of drug-likeness (QED) is 0.536. The average molecular weight is 471 g/mol. The van der Waals surface area contributed by atoms with Crippen LogP contribution in [0.5, 0.6) is 5.75 Å². The summed E-state index contributed by atoms with van der Waals surface area (Å²) in [4.78, 5) is 12.4. The van der Waals surface area contributed by atoms with Crippen LogP contribution in [0, 0.1) is 5.82 Å². The average Bonchev–Trinajstić information content (AvgIpc) is 3.17. The largest absolute Gasteiger partial charge is 0.487 e. The fraction of sp³-hybridized carbons (Fsp3) is 0.320. The molecule has 0 spiro atoms. The SMILES string of the molecule is CCC(=O)c1cc(CC2CC(C)(C)c3cccc(F)c3O2)n(-c2ccc(S(N)(=O)=O)cc2)c1. The number of carbonyl (C=O) groups is 1. The van der Waals surface area contributed by atoms with Gasteiger partial charge in [-0.05, 0) is 48.2 Å².